The third kappa shape index (κ3) is 3.48. The van der Waals surface area contributed by atoms with Crippen LogP contribution in [0.1, 0.15) is 25.0 Å². The van der Waals surface area contributed by atoms with Crippen molar-refractivity contribution in [2.45, 2.75) is 33.8 Å². The summed E-state index contributed by atoms with van der Waals surface area (Å²) in [5.74, 6) is 0.735. The summed E-state index contributed by atoms with van der Waals surface area (Å²) in [6, 6.07) is 12.4. The van der Waals surface area contributed by atoms with E-state index in [0.29, 0.717) is 5.69 Å². The fraction of sp³-hybridized carbons (Fsp3) is 0.333. The van der Waals surface area contributed by atoms with Gasteiger partial charge in [-0.25, -0.2) is 0 Å². The van der Waals surface area contributed by atoms with Crippen LogP contribution in [0.3, 0.4) is 0 Å². The maximum Gasteiger partial charge on any atom is 0.144 e. The Morgan fingerprint density at radius 3 is 2.24 bits per heavy atom. The van der Waals surface area contributed by atoms with E-state index in [0.717, 1.165) is 17.1 Å². The third-order valence-corrected chi connectivity index (χ3v) is 3.36. The zero-order valence-electron chi connectivity index (χ0n) is 13.5. The molecular weight excluding hydrogens is 260 g/mol. The van der Waals surface area contributed by atoms with Crippen molar-refractivity contribution in [3.63, 3.8) is 0 Å². The van der Waals surface area contributed by atoms with Crippen LogP contribution in [0.2, 0.25) is 0 Å². The third-order valence-electron chi connectivity index (χ3n) is 3.36. The van der Waals surface area contributed by atoms with E-state index in [1.54, 1.807) is 0 Å². The Bertz CT molecular complexity index is 615. The van der Waals surface area contributed by atoms with E-state index in [1.165, 1.54) is 11.1 Å². The molecular formula is C18H24N2O. The van der Waals surface area contributed by atoms with E-state index < -0.39 is 0 Å². The molecule has 0 spiro atoms. The van der Waals surface area contributed by atoms with Crippen molar-refractivity contribution in [2.24, 2.45) is 0 Å². The lowest BCUT2D eigenvalue weighted by molar-refractivity contribution is 0.244. The second-order valence-corrected chi connectivity index (χ2v) is 5.76. The van der Waals surface area contributed by atoms with Crippen molar-refractivity contribution in [1.82, 2.24) is 0 Å². The molecule has 0 atom stereocenters. The first-order valence-electron chi connectivity index (χ1n) is 7.25. The summed E-state index contributed by atoms with van der Waals surface area (Å²) in [6.45, 7) is 8.21. The Labute approximate surface area is 127 Å². The summed E-state index contributed by atoms with van der Waals surface area (Å²) < 4.78 is 5.77. The molecule has 2 aromatic carbocycles. The molecule has 0 amide bonds. The summed E-state index contributed by atoms with van der Waals surface area (Å²) in [5, 5.41) is 0. The van der Waals surface area contributed by atoms with Crippen LogP contribution in [-0.2, 0) is 0 Å². The van der Waals surface area contributed by atoms with Crippen LogP contribution in [0.5, 0.6) is 5.75 Å². The fourth-order valence-corrected chi connectivity index (χ4v) is 2.46. The molecule has 0 aliphatic carbocycles. The molecule has 0 aliphatic rings. The minimum atomic E-state index is 0.106. The highest BCUT2D eigenvalue weighted by Gasteiger charge is 2.13. The lowest BCUT2D eigenvalue weighted by Gasteiger charge is -2.24. The fourth-order valence-electron chi connectivity index (χ4n) is 2.46. The van der Waals surface area contributed by atoms with E-state index in [1.807, 2.05) is 39.1 Å². The van der Waals surface area contributed by atoms with Crippen LogP contribution in [0.15, 0.2) is 36.4 Å². The van der Waals surface area contributed by atoms with Crippen LogP contribution in [-0.4, -0.2) is 13.2 Å². The van der Waals surface area contributed by atoms with Gasteiger partial charge in [-0.3, -0.25) is 0 Å². The smallest absolute Gasteiger partial charge is 0.144 e. The van der Waals surface area contributed by atoms with Crippen molar-refractivity contribution in [3.8, 4) is 5.75 Å². The number of nitrogens with two attached hydrogens (primary N) is 1. The number of benzene rings is 2. The number of para-hydroxylation sites is 1. The topological polar surface area (TPSA) is 38.5 Å². The number of hydrogen-bond acceptors (Lipinski definition) is 3. The molecule has 112 valence electrons. The minimum Gasteiger partial charge on any atom is -0.489 e. The predicted molar refractivity (Wildman–Crippen MR) is 90.6 cm³/mol. The first kappa shape index (κ1) is 15.2. The normalized spacial score (nSPS) is 10.8. The summed E-state index contributed by atoms with van der Waals surface area (Å²) in [4.78, 5) is 2.10. The maximum absolute atomic E-state index is 6.28. The minimum absolute atomic E-state index is 0.106. The molecule has 0 unspecified atom stereocenters. The van der Waals surface area contributed by atoms with Gasteiger partial charge in [0.05, 0.1) is 17.5 Å². The molecule has 0 saturated carbocycles. The van der Waals surface area contributed by atoms with E-state index in [-0.39, 0.29) is 6.10 Å². The Morgan fingerprint density at radius 2 is 1.67 bits per heavy atom. The first-order chi connectivity index (χ1) is 9.88. The molecule has 0 aromatic heterocycles. The predicted octanol–water partition coefficient (Wildman–Crippen LogP) is 4.44. The second-order valence-electron chi connectivity index (χ2n) is 5.76. The van der Waals surface area contributed by atoms with Gasteiger partial charge in [0.15, 0.2) is 0 Å². The van der Waals surface area contributed by atoms with Gasteiger partial charge in [-0.15, -0.1) is 0 Å². The number of aryl methyl sites for hydroxylation is 2. The van der Waals surface area contributed by atoms with Crippen LogP contribution in [0, 0.1) is 13.8 Å². The van der Waals surface area contributed by atoms with E-state index in [4.69, 9.17) is 10.5 Å². The standard InChI is InChI=1S/C18H24N2O/c1-12(2)21-17-8-6-7-16(18(17)19)20(5)15-10-13(3)9-14(4)11-15/h6-12H,19H2,1-5H3. The molecule has 0 fully saturated rings. The van der Waals surface area contributed by atoms with Crippen molar-refractivity contribution < 1.29 is 4.74 Å². The van der Waals surface area contributed by atoms with Crippen LogP contribution in [0.4, 0.5) is 17.1 Å². The summed E-state index contributed by atoms with van der Waals surface area (Å²) in [7, 11) is 2.03. The first-order valence-corrected chi connectivity index (χ1v) is 7.25. The largest absolute Gasteiger partial charge is 0.489 e. The summed E-state index contributed by atoms with van der Waals surface area (Å²) in [6.07, 6.45) is 0.106. The highest BCUT2D eigenvalue weighted by atomic mass is 16.5. The van der Waals surface area contributed by atoms with Crippen molar-refractivity contribution in [1.29, 1.82) is 0 Å². The van der Waals surface area contributed by atoms with Gasteiger partial charge >= 0.3 is 0 Å². The Kier molecular flexibility index (Phi) is 4.41. The Balaban J connectivity index is 2.41. The van der Waals surface area contributed by atoms with Gasteiger partial charge in [0.25, 0.3) is 0 Å². The SMILES string of the molecule is Cc1cc(C)cc(N(C)c2cccc(OC(C)C)c2N)c1. The number of ether oxygens (including phenoxy) is 1. The Hall–Kier alpha value is -2.16. The number of nitrogens with zero attached hydrogens (tertiary/aromatic N) is 1. The molecule has 3 nitrogen and oxygen atoms in total. The average molecular weight is 284 g/mol. The van der Waals surface area contributed by atoms with Gasteiger partial charge in [0.2, 0.25) is 0 Å². The average Bonchev–Trinajstić information content (AvgIpc) is 2.39. The molecule has 2 aromatic rings. The van der Waals surface area contributed by atoms with Crippen LogP contribution in [0.25, 0.3) is 0 Å². The second kappa shape index (κ2) is 6.08. The van der Waals surface area contributed by atoms with Gasteiger partial charge < -0.3 is 15.4 Å². The quantitative estimate of drug-likeness (QED) is 0.843. The van der Waals surface area contributed by atoms with Gasteiger partial charge in [-0.1, -0.05) is 12.1 Å². The lowest BCUT2D eigenvalue weighted by Crippen LogP contribution is -2.14. The molecule has 0 bridgehead atoms. The molecule has 2 rings (SSSR count). The highest BCUT2D eigenvalue weighted by Crippen LogP contribution is 2.36. The van der Waals surface area contributed by atoms with Gasteiger partial charge in [0.1, 0.15) is 5.75 Å². The number of nitrogen functional groups attached to an aromatic ring is 1. The monoisotopic (exact) mass is 284 g/mol. The zero-order valence-corrected chi connectivity index (χ0v) is 13.5. The number of hydrogen-bond donors (Lipinski definition) is 1. The zero-order chi connectivity index (χ0) is 15.6. The lowest BCUT2D eigenvalue weighted by atomic mass is 10.1. The van der Waals surface area contributed by atoms with Crippen LogP contribution < -0.4 is 15.4 Å². The summed E-state index contributed by atoms with van der Waals surface area (Å²) >= 11 is 0. The van der Waals surface area contributed by atoms with Crippen molar-refractivity contribution >= 4 is 17.1 Å². The molecule has 3 heteroatoms. The van der Waals surface area contributed by atoms with Gasteiger partial charge in [-0.05, 0) is 63.1 Å². The van der Waals surface area contributed by atoms with E-state index in [9.17, 15) is 0 Å². The molecule has 0 heterocycles. The number of anilines is 3. The van der Waals surface area contributed by atoms with E-state index >= 15 is 0 Å². The van der Waals surface area contributed by atoms with Crippen molar-refractivity contribution in [2.75, 3.05) is 17.7 Å². The van der Waals surface area contributed by atoms with Crippen molar-refractivity contribution in [3.05, 3.63) is 47.5 Å². The highest BCUT2D eigenvalue weighted by molar-refractivity contribution is 5.79. The molecule has 0 saturated heterocycles. The van der Waals surface area contributed by atoms with Gasteiger partial charge in [-0.2, -0.15) is 0 Å². The van der Waals surface area contributed by atoms with Gasteiger partial charge in [0, 0.05) is 12.7 Å². The number of rotatable bonds is 4. The molecule has 2 N–H and O–H groups in total. The maximum atomic E-state index is 6.28. The van der Waals surface area contributed by atoms with Crippen LogP contribution >= 0.6 is 0 Å². The Morgan fingerprint density at radius 1 is 1.05 bits per heavy atom. The summed E-state index contributed by atoms with van der Waals surface area (Å²) in [5.41, 5.74) is 11.5. The molecule has 0 aliphatic heterocycles. The molecule has 21 heavy (non-hydrogen) atoms. The van der Waals surface area contributed by atoms with E-state index in [2.05, 4.69) is 36.9 Å². The molecule has 0 radical (unpaired) electrons.